The second-order valence-electron chi connectivity index (χ2n) is 8.69. The van der Waals surface area contributed by atoms with Crippen molar-refractivity contribution in [3.05, 3.63) is 0 Å². The van der Waals surface area contributed by atoms with Crippen molar-refractivity contribution in [2.24, 2.45) is 17.8 Å². The van der Waals surface area contributed by atoms with Crippen LogP contribution in [0.5, 0.6) is 0 Å². The highest BCUT2D eigenvalue weighted by atomic mass is 15.3. The molecule has 1 spiro atoms. The molecule has 0 aromatic carbocycles. The van der Waals surface area contributed by atoms with Crippen LogP contribution in [-0.4, -0.2) is 35.6 Å². The van der Waals surface area contributed by atoms with E-state index in [1.54, 1.807) is 0 Å². The van der Waals surface area contributed by atoms with Crippen molar-refractivity contribution in [1.29, 1.82) is 0 Å². The third-order valence-corrected chi connectivity index (χ3v) is 7.03. The summed E-state index contributed by atoms with van der Waals surface area (Å²) < 4.78 is 0. The van der Waals surface area contributed by atoms with Crippen molar-refractivity contribution in [1.82, 2.24) is 10.2 Å². The molecule has 122 valence electrons. The Morgan fingerprint density at radius 1 is 1.05 bits per heavy atom. The van der Waals surface area contributed by atoms with Crippen molar-refractivity contribution >= 4 is 0 Å². The SMILES string of the molecule is CC(C)C1CNC2(CCCCC2)CN1C1CCC(C)C1C. The maximum atomic E-state index is 4.00. The number of hydrogen-bond donors (Lipinski definition) is 1. The highest BCUT2D eigenvalue weighted by Gasteiger charge is 2.45. The molecule has 3 aliphatic rings. The van der Waals surface area contributed by atoms with Crippen LogP contribution in [0.15, 0.2) is 0 Å². The minimum atomic E-state index is 0.454. The Balaban J connectivity index is 1.78. The van der Waals surface area contributed by atoms with Crippen LogP contribution in [0, 0.1) is 17.8 Å². The molecule has 2 nitrogen and oxygen atoms in total. The Hall–Kier alpha value is -0.0800. The predicted molar refractivity (Wildman–Crippen MR) is 90.5 cm³/mol. The minimum absolute atomic E-state index is 0.454. The summed E-state index contributed by atoms with van der Waals surface area (Å²) in [6, 6.07) is 1.59. The molecular weight excluding hydrogens is 256 g/mol. The molecule has 0 bridgehead atoms. The average molecular weight is 293 g/mol. The fourth-order valence-electron chi connectivity index (χ4n) is 5.31. The Labute approximate surface area is 132 Å². The molecule has 3 fully saturated rings. The maximum absolute atomic E-state index is 4.00. The summed E-state index contributed by atoms with van der Waals surface area (Å²) in [5.74, 6) is 2.56. The normalized spacial score (nSPS) is 41.0. The van der Waals surface area contributed by atoms with Gasteiger partial charge in [0.1, 0.15) is 0 Å². The fraction of sp³-hybridized carbons (Fsp3) is 1.00. The molecule has 2 saturated carbocycles. The van der Waals surface area contributed by atoms with Crippen LogP contribution >= 0.6 is 0 Å². The standard InChI is InChI=1S/C19H36N2/c1-14(2)18-12-20-19(10-6-5-7-11-19)13-21(18)17-9-8-15(3)16(17)4/h14-18,20H,5-13H2,1-4H3. The molecule has 0 aromatic rings. The van der Waals surface area contributed by atoms with Gasteiger partial charge in [-0.2, -0.15) is 0 Å². The van der Waals surface area contributed by atoms with Crippen molar-refractivity contribution in [2.45, 2.75) is 90.3 Å². The van der Waals surface area contributed by atoms with E-state index in [1.807, 2.05) is 0 Å². The van der Waals surface area contributed by atoms with Gasteiger partial charge in [-0.15, -0.1) is 0 Å². The van der Waals surface area contributed by atoms with Gasteiger partial charge >= 0.3 is 0 Å². The van der Waals surface area contributed by atoms with Crippen molar-refractivity contribution < 1.29 is 0 Å². The first-order chi connectivity index (χ1) is 10.0. The number of nitrogens with zero attached hydrogens (tertiary/aromatic N) is 1. The predicted octanol–water partition coefficient (Wildman–Crippen LogP) is 4.05. The van der Waals surface area contributed by atoms with Gasteiger partial charge in [-0.05, 0) is 43.4 Å². The lowest BCUT2D eigenvalue weighted by Crippen LogP contribution is -2.68. The summed E-state index contributed by atoms with van der Waals surface area (Å²) in [4.78, 5) is 2.96. The summed E-state index contributed by atoms with van der Waals surface area (Å²) in [5, 5.41) is 4.00. The lowest BCUT2D eigenvalue weighted by Gasteiger charge is -2.53. The molecule has 2 heteroatoms. The van der Waals surface area contributed by atoms with Gasteiger partial charge in [-0.3, -0.25) is 4.90 Å². The van der Waals surface area contributed by atoms with Crippen molar-refractivity contribution in [3.8, 4) is 0 Å². The van der Waals surface area contributed by atoms with Gasteiger partial charge < -0.3 is 5.32 Å². The molecule has 0 aromatic heterocycles. The molecular formula is C19H36N2. The van der Waals surface area contributed by atoms with E-state index < -0.39 is 0 Å². The first-order valence-electron chi connectivity index (χ1n) is 9.53. The van der Waals surface area contributed by atoms with E-state index in [-0.39, 0.29) is 0 Å². The summed E-state index contributed by atoms with van der Waals surface area (Å²) in [6.07, 6.45) is 10.0. The van der Waals surface area contributed by atoms with Gasteiger partial charge in [0.2, 0.25) is 0 Å². The summed E-state index contributed by atoms with van der Waals surface area (Å²) in [5.41, 5.74) is 0.454. The van der Waals surface area contributed by atoms with Crippen LogP contribution in [0.3, 0.4) is 0 Å². The third-order valence-electron chi connectivity index (χ3n) is 7.03. The van der Waals surface area contributed by atoms with Crippen LogP contribution < -0.4 is 5.32 Å². The van der Waals surface area contributed by atoms with Gasteiger partial charge in [0, 0.05) is 30.7 Å². The van der Waals surface area contributed by atoms with E-state index in [2.05, 4.69) is 37.9 Å². The third kappa shape index (κ3) is 3.03. The Kier molecular flexibility index (Phi) is 4.66. The average Bonchev–Trinajstić information content (AvgIpc) is 2.79. The lowest BCUT2D eigenvalue weighted by atomic mass is 9.77. The second-order valence-corrected chi connectivity index (χ2v) is 8.69. The Morgan fingerprint density at radius 2 is 1.76 bits per heavy atom. The molecule has 4 unspecified atom stereocenters. The maximum Gasteiger partial charge on any atom is 0.0309 e. The van der Waals surface area contributed by atoms with E-state index in [9.17, 15) is 0 Å². The zero-order valence-corrected chi connectivity index (χ0v) is 14.7. The molecule has 21 heavy (non-hydrogen) atoms. The van der Waals surface area contributed by atoms with Crippen LogP contribution in [0.2, 0.25) is 0 Å². The molecule has 1 saturated heterocycles. The molecule has 0 amide bonds. The largest absolute Gasteiger partial charge is 0.308 e. The van der Waals surface area contributed by atoms with E-state index in [0.717, 1.165) is 29.8 Å². The first kappa shape index (κ1) is 15.8. The number of rotatable bonds is 2. The van der Waals surface area contributed by atoms with E-state index >= 15 is 0 Å². The number of hydrogen-bond acceptors (Lipinski definition) is 2. The first-order valence-corrected chi connectivity index (χ1v) is 9.53. The second kappa shape index (κ2) is 6.20. The molecule has 1 N–H and O–H groups in total. The topological polar surface area (TPSA) is 15.3 Å². The molecule has 4 atom stereocenters. The highest BCUT2D eigenvalue weighted by molar-refractivity contribution is 5.03. The Bertz CT molecular complexity index is 345. The van der Waals surface area contributed by atoms with Crippen LogP contribution in [-0.2, 0) is 0 Å². The Morgan fingerprint density at radius 3 is 2.33 bits per heavy atom. The van der Waals surface area contributed by atoms with Crippen LogP contribution in [0.25, 0.3) is 0 Å². The minimum Gasteiger partial charge on any atom is -0.308 e. The molecule has 1 heterocycles. The molecule has 3 rings (SSSR count). The van der Waals surface area contributed by atoms with Gasteiger partial charge in [0.25, 0.3) is 0 Å². The van der Waals surface area contributed by atoms with Gasteiger partial charge in [-0.25, -0.2) is 0 Å². The summed E-state index contributed by atoms with van der Waals surface area (Å²) in [7, 11) is 0. The number of nitrogens with one attached hydrogen (secondary N) is 1. The van der Waals surface area contributed by atoms with Gasteiger partial charge in [0.15, 0.2) is 0 Å². The van der Waals surface area contributed by atoms with Crippen molar-refractivity contribution in [3.63, 3.8) is 0 Å². The van der Waals surface area contributed by atoms with Gasteiger partial charge in [-0.1, -0.05) is 47.0 Å². The lowest BCUT2D eigenvalue weighted by molar-refractivity contribution is -0.00541. The monoisotopic (exact) mass is 292 g/mol. The quantitative estimate of drug-likeness (QED) is 0.826. The molecule has 1 aliphatic heterocycles. The van der Waals surface area contributed by atoms with Crippen molar-refractivity contribution in [2.75, 3.05) is 13.1 Å². The van der Waals surface area contributed by atoms with E-state index in [4.69, 9.17) is 0 Å². The van der Waals surface area contributed by atoms with E-state index in [1.165, 1.54) is 58.0 Å². The number of piperazine rings is 1. The summed E-state index contributed by atoms with van der Waals surface area (Å²) in [6.45, 7) is 12.3. The van der Waals surface area contributed by atoms with Crippen LogP contribution in [0.4, 0.5) is 0 Å². The van der Waals surface area contributed by atoms with E-state index in [0.29, 0.717) is 5.54 Å². The fourth-order valence-corrected chi connectivity index (χ4v) is 5.31. The zero-order valence-electron chi connectivity index (χ0n) is 14.7. The van der Waals surface area contributed by atoms with Gasteiger partial charge in [0.05, 0.1) is 0 Å². The molecule has 2 aliphatic carbocycles. The molecule has 0 radical (unpaired) electrons. The zero-order chi connectivity index (χ0) is 15.0. The van der Waals surface area contributed by atoms with Crippen LogP contribution in [0.1, 0.15) is 72.6 Å². The summed E-state index contributed by atoms with van der Waals surface area (Å²) >= 11 is 0. The highest BCUT2D eigenvalue weighted by Crippen LogP contribution is 2.40. The smallest absolute Gasteiger partial charge is 0.0309 e.